The van der Waals surface area contributed by atoms with Crippen LogP contribution in [0.15, 0.2) is 28.9 Å². The van der Waals surface area contributed by atoms with Gasteiger partial charge in [0.25, 0.3) is 0 Å². The quantitative estimate of drug-likeness (QED) is 0.912. The average Bonchev–Trinajstić information content (AvgIpc) is 2.68. The van der Waals surface area contributed by atoms with Crippen molar-refractivity contribution in [2.75, 3.05) is 7.05 Å². The Balaban J connectivity index is 0.00000112. The highest BCUT2D eigenvalue weighted by atomic mass is 35.5. The lowest BCUT2D eigenvalue weighted by Crippen LogP contribution is -2.04. The van der Waals surface area contributed by atoms with Crippen LogP contribution in [0.2, 0.25) is 0 Å². The summed E-state index contributed by atoms with van der Waals surface area (Å²) in [6.07, 6.45) is 1.70. The minimum absolute atomic E-state index is 0. The number of rotatable bonds is 3. The fraction of sp³-hybridized carbons (Fsp3) is 0.222. The van der Waals surface area contributed by atoms with Gasteiger partial charge in [-0.2, -0.15) is 4.98 Å². The second-order valence-corrected chi connectivity index (χ2v) is 2.76. The van der Waals surface area contributed by atoms with Crippen molar-refractivity contribution in [3.05, 3.63) is 30.3 Å². The second-order valence-electron chi connectivity index (χ2n) is 2.76. The average molecular weight is 263 g/mol. The summed E-state index contributed by atoms with van der Waals surface area (Å²) < 4.78 is 5.00. The normalized spacial score (nSPS) is 9.06. The number of hydrogen-bond acceptors (Lipinski definition) is 5. The van der Waals surface area contributed by atoms with E-state index in [1.165, 1.54) is 0 Å². The van der Waals surface area contributed by atoms with E-state index < -0.39 is 0 Å². The Kier molecular flexibility index (Phi) is 6.64. The van der Waals surface area contributed by atoms with Crippen LogP contribution in [0.5, 0.6) is 0 Å². The molecule has 2 heterocycles. The van der Waals surface area contributed by atoms with E-state index in [2.05, 4.69) is 20.4 Å². The molecule has 0 spiro atoms. The van der Waals surface area contributed by atoms with E-state index in [1.807, 2.05) is 25.2 Å². The van der Waals surface area contributed by atoms with Gasteiger partial charge in [0.2, 0.25) is 11.7 Å². The lowest BCUT2D eigenvalue weighted by Gasteiger charge is -1.89. The summed E-state index contributed by atoms with van der Waals surface area (Å²) in [6, 6.07) is 5.57. The Bertz CT molecular complexity index is 407. The first-order valence-corrected chi connectivity index (χ1v) is 4.29. The van der Waals surface area contributed by atoms with E-state index in [0.717, 1.165) is 5.69 Å². The van der Waals surface area contributed by atoms with Crippen molar-refractivity contribution in [1.29, 1.82) is 0 Å². The lowest BCUT2D eigenvalue weighted by molar-refractivity contribution is 0.372. The predicted octanol–water partition coefficient (Wildman–Crippen LogP) is 1.69. The van der Waals surface area contributed by atoms with Crippen LogP contribution in [0.4, 0.5) is 0 Å². The van der Waals surface area contributed by atoms with Gasteiger partial charge in [-0.1, -0.05) is 11.2 Å². The maximum absolute atomic E-state index is 5.00. The molecule has 0 radical (unpaired) electrons. The molecule has 16 heavy (non-hydrogen) atoms. The van der Waals surface area contributed by atoms with Crippen molar-refractivity contribution < 1.29 is 4.52 Å². The first kappa shape index (κ1) is 14.8. The summed E-state index contributed by atoms with van der Waals surface area (Å²) in [5.41, 5.74) is 0.721. The van der Waals surface area contributed by atoms with Gasteiger partial charge in [-0.15, -0.1) is 24.8 Å². The third-order valence-electron chi connectivity index (χ3n) is 1.69. The van der Waals surface area contributed by atoms with E-state index in [4.69, 9.17) is 4.52 Å². The maximum atomic E-state index is 5.00. The summed E-state index contributed by atoms with van der Waals surface area (Å²) in [5, 5.41) is 6.75. The molecule has 0 amide bonds. The molecule has 0 atom stereocenters. The topological polar surface area (TPSA) is 63.8 Å². The summed E-state index contributed by atoms with van der Waals surface area (Å²) >= 11 is 0. The van der Waals surface area contributed by atoms with E-state index in [-0.39, 0.29) is 24.8 Å². The van der Waals surface area contributed by atoms with Crippen molar-refractivity contribution in [3.63, 3.8) is 0 Å². The molecule has 0 saturated carbocycles. The number of halogens is 2. The zero-order chi connectivity index (χ0) is 9.80. The highest BCUT2D eigenvalue weighted by Gasteiger charge is 2.07. The van der Waals surface area contributed by atoms with Gasteiger partial charge in [0.1, 0.15) is 5.69 Å². The third-order valence-corrected chi connectivity index (χ3v) is 1.69. The highest BCUT2D eigenvalue weighted by molar-refractivity contribution is 5.85. The number of pyridine rings is 1. The molecule has 0 aliphatic heterocycles. The molecular formula is C9H12Cl2N4O. The zero-order valence-corrected chi connectivity index (χ0v) is 10.2. The Hall–Kier alpha value is -1.17. The summed E-state index contributed by atoms with van der Waals surface area (Å²) in [6.45, 7) is 0.569. The van der Waals surface area contributed by atoms with Crippen molar-refractivity contribution >= 4 is 24.8 Å². The zero-order valence-electron chi connectivity index (χ0n) is 8.58. The first-order valence-electron chi connectivity index (χ1n) is 4.29. The molecule has 0 unspecified atom stereocenters. The number of aromatic nitrogens is 3. The SMILES string of the molecule is CNCc1nc(-c2ccccn2)no1.Cl.Cl. The summed E-state index contributed by atoms with van der Waals surface area (Å²) in [5.74, 6) is 1.09. The molecule has 0 saturated heterocycles. The summed E-state index contributed by atoms with van der Waals surface area (Å²) in [7, 11) is 1.82. The van der Waals surface area contributed by atoms with Crippen LogP contribution in [0.3, 0.4) is 0 Å². The monoisotopic (exact) mass is 262 g/mol. The smallest absolute Gasteiger partial charge is 0.240 e. The van der Waals surface area contributed by atoms with Gasteiger partial charge < -0.3 is 9.84 Å². The van der Waals surface area contributed by atoms with Crippen LogP contribution >= 0.6 is 24.8 Å². The van der Waals surface area contributed by atoms with Gasteiger partial charge in [-0.05, 0) is 19.2 Å². The lowest BCUT2D eigenvalue weighted by atomic mass is 10.3. The molecule has 0 bridgehead atoms. The van der Waals surface area contributed by atoms with Crippen LogP contribution < -0.4 is 5.32 Å². The van der Waals surface area contributed by atoms with Crippen molar-refractivity contribution in [2.24, 2.45) is 0 Å². The predicted molar refractivity (Wildman–Crippen MR) is 64.8 cm³/mol. The Labute approximate surface area is 105 Å². The van der Waals surface area contributed by atoms with Crippen LogP contribution in [0.25, 0.3) is 11.5 Å². The van der Waals surface area contributed by atoms with E-state index in [1.54, 1.807) is 6.20 Å². The molecule has 2 aromatic heterocycles. The fourth-order valence-corrected chi connectivity index (χ4v) is 1.08. The number of nitrogens with zero attached hydrogens (tertiary/aromatic N) is 3. The van der Waals surface area contributed by atoms with Crippen molar-refractivity contribution in [3.8, 4) is 11.5 Å². The molecule has 2 aromatic rings. The van der Waals surface area contributed by atoms with Gasteiger partial charge in [0.15, 0.2) is 0 Å². The van der Waals surface area contributed by atoms with Gasteiger partial charge in [0.05, 0.1) is 6.54 Å². The maximum Gasteiger partial charge on any atom is 0.240 e. The fourth-order valence-electron chi connectivity index (χ4n) is 1.08. The van der Waals surface area contributed by atoms with Crippen LogP contribution in [-0.2, 0) is 6.54 Å². The summed E-state index contributed by atoms with van der Waals surface area (Å²) in [4.78, 5) is 8.28. The van der Waals surface area contributed by atoms with Crippen LogP contribution in [0, 0.1) is 0 Å². The molecule has 7 heteroatoms. The molecule has 0 aliphatic carbocycles. The van der Waals surface area contributed by atoms with E-state index in [0.29, 0.717) is 18.3 Å². The third kappa shape index (κ3) is 3.44. The van der Waals surface area contributed by atoms with Crippen LogP contribution in [0.1, 0.15) is 5.89 Å². The molecule has 1 N–H and O–H groups in total. The first-order chi connectivity index (χ1) is 6.90. The number of nitrogens with one attached hydrogen (secondary N) is 1. The molecule has 0 fully saturated rings. The van der Waals surface area contributed by atoms with Gasteiger partial charge in [-0.3, -0.25) is 4.98 Å². The minimum atomic E-state index is 0. The second kappa shape index (κ2) is 7.16. The van der Waals surface area contributed by atoms with Gasteiger partial charge in [-0.25, -0.2) is 0 Å². The largest absolute Gasteiger partial charge is 0.337 e. The number of hydrogen-bond donors (Lipinski definition) is 1. The molecular weight excluding hydrogens is 251 g/mol. The van der Waals surface area contributed by atoms with E-state index in [9.17, 15) is 0 Å². The Morgan fingerprint density at radius 3 is 2.75 bits per heavy atom. The van der Waals surface area contributed by atoms with E-state index >= 15 is 0 Å². The molecule has 2 rings (SSSR count). The highest BCUT2D eigenvalue weighted by Crippen LogP contribution is 2.11. The van der Waals surface area contributed by atoms with Gasteiger partial charge in [0, 0.05) is 6.20 Å². The molecule has 88 valence electrons. The Morgan fingerprint density at radius 1 is 1.31 bits per heavy atom. The van der Waals surface area contributed by atoms with Gasteiger partial charge >= 0.3 is 0 Å². The molecule has 0 aliphatic rings. The van der Waals surface area contributed by atoms with Crippen molar-refractivity contribution in [1.82, 2.24) is 20.4 Å². The minimum Gasteiger partial charge on any atom is -0.337 e. The molecule has 0 aromatic carbocycles. The molecule has 5 nitrogen and oxygen atoms in total. The Morgan fingerprint density at radius 2 is 2.12 bits per heavy atom. The van der Waals surface area contributed by atoms with Crippen LogP contribution in [-0.4, -0.2) is 22.2 Å². The standard InChI is InChI=1S/C9H10N4O.2ClH/c1-10-6-8-12-9(13-14-8)7-4-2-3-5-11-7;;/h2-5,10H,6H2,1H3;2*1H. The van der Waals surface area contributed by atoms with Crippen molar-refractivity contribution in [2.45, 2.75) is 6.54 Å².